The number of hydrogen-bond acceptors (Lipinski definition) is 5. The van der Waals surface area contributed by atoms with Gasteiger partial charge in [0, 0.05) is 11.1 Å². The minimum atomic E-state index is -4.53. The third-order valence-electron chi connectivity index (χ3n) is 1.62. The van der Waals surface area contributed by atoms with Crippen LogP contribution < -0.4 is 0 Å². The molecule has 0 radical (unpaired) electrons. The number of nitrogens with zero attached hydrogens (tertiary/aromatic N) is 1. The molecular formula is C7H8F3NO2S2. The fraction of sp³-hybridized carbons (Fsp3) is 0.571. The van der Waals surface area contributed by atoms with Crippen LogP contribution in [0.3, 0.4) is 0 Å². The Morgan fingerprint density at radius 2 is 2.07 bits per heavy atom. The van der Waals surface area contributed by atoms with Crippen molar-refractivity contribution in [1.82, 2.24) is 4.98 Å². The molecule has 0 aliphatic heterocycles. The first-order valence-electron chi connectivity index (χ1n) is 3.86. The van der Waals surface area contributed by atoms with Crippen LogP contribution >= 0.6 is 24.0 Å². The van der Waals surface area contributed by atoms with Crippen molar-refractivity contribution in [2.45, 2.75) is 18.4 Å². The molecule has 0 aliphatic rings. The van der Waals surface area contributed by atoms with E-state index in [1.807, 2.05) is 0 Å². The van der Waals surface area contributed by atoms with Crippen molar-refractivity contribution in [2.24, 2.45) is 0 Å². The SMILES string of the molecule is OC(CS)C(O)c1nc(C(F)(F)F)cs1. The summed E-state index contributed by atoms with van der Waals surface area (Å²) in [6.07, 6.45) is -7.18. The summed E-state index contributed by atoms with van der Waals surface area (Å²) < 4.78 is 36.4. The summed E-state index contributed by atoms with van der Waals surface area (Å²) in [5, 5.41) is 19.1. The Morgan fingerprint density at radius 3 is 2.47 bits per heavy atom. The van der Waals surface area contributed by atoms with Gasteiger partial charge in [-0.3, -0.25) is 0 Å². The van der Waals surface area contributed by atoms with Gasteiger partial charge in [0.05, 0.1) is 6.10 Å². The smallest absolute Gasteiger partial charge is 0.389 e. The lowest BCUT2D eigenvalue weighted by atomic mass is 10.2. The summed E-state index contributed by atoms with van der Waals surface area (Å²) in [5.41, 5.74) is -1.06. The number of thiol groups is 1. The Labute approximate surface area is 93.0 Å². The molecule has 86 valence electrons. The van der Waals surface area contributed by atoms with Gasteiger partial charge in [-0.15, -0.1) is 11.3 Å². The highest BCUT2D eigenvalue weighted by atomic mass is 32.1. The zero-order chi connectivity index (χ0) is 11.6. The summed E-state index contributed by atoms with van der Waals surface area (Å²) in [7, 11) is 0. The molecule has 1 aromatic rings. The van der Waals surface area contributed by atoms with Gasteiger partial charge >= 0.3 is 6.18 Å². The summed E-state index contributed by atoms with van der Waals surface area (Å²) >= 11 is 4.37. The minimum absolute atomic E-state index is 0.0535. The highest BCUT2D eigenvalue weighted by Gasteiger charge is 2.35. The van der Waals surface area contributed by atoms with E-state index in [4.69, 9.17) is 5.11 Å². The van der Waals surface area contributed by atoms with E-state index in [-0.39, 0.29) is 10.8 Å². The molecule has 1 heterocycles. The first-order valence-corrected chi connectivity index (χ1v) is 5.37. The maximum Gasteiger partial charge on any atom is 0.434 e. The lowest BCUT2D eigenvalue weighted by molar-refractivity contribution is -0.141. The molecule has 0 amide bonds. The predicted molar refractivity (Wildman–Crippen MR) is 51.9 cm³/mol. The van der Waals surface area contributed by atoms with Crippen LogP contribution in [-0.2, 0) is 6.18 Å². The van der Waals surface area contributed by atoms with Crippen LogP contribution in [0.2, 0.25) is 0 Å². The molecule has 15 heavy (non-hydrogen) atoms. The van der Waals surface area contributed by atoms with E-state index in [1.54, 1.807) is 0 Å². The van der Waals surface area contributed by atoms with Gasteiger partial charge in [-0.2, -0.15) is 25.8 Å². The van der Waals surface area contributed by atoms with Gasteiger partial charge < -0.3 is 10.2 Å². The molecule has 1 rings (SSSR count). The van der Waals surface area contributed by atoms with Crippen LogP contribution in [0.1, 0.15) is 16.8 Å². The van der Waals surface area contributed by atoms with Crippen LogP contribution in [0.25, 0.3) is 0 Å². The number of aliphatic hydroxyl groups is 2. The summed E-state index contributed by atoms with van der Waals surface area (Å²) in [4.78, 5) is 3.20. The summed E-state index contributed by atoms with van der Waals surface area (Å²) in [6.45, 7) is 0. The molecule has 2 atom stereocenters. The standard InChI is InChI=1S/C7H8F3NO2S2/c8-7(9,10)4-2-15-6(11-4)5(13)3(12)1-14/h2-3,5,12-14H,1H2. The lowest BCUT2D eigenvalue weighted by Gasteiger charge is -2.12. The number of rotatable bonds is 3. The molecule has 0 bridgehead atoms. The molecule has 0 saturated carbocycles. The first kappa shape index (κ1) is 12.8. The van der Waals surface area contributed by atoms with Crippen LogP contribution in [0.15, 0.2) is 5.38 Å². The third kappa shape index (κ3) is 3.07. The van der Waals surface area contributed by atoms with E-state index in [0.29, 0.717) is 11.3 Å². The van der Waals surface area contributed by atoms with E-state index >= 15 is 0 Å². The van der Waals surface area contributed by atoms with E-state index in [0.717, 1.165) is 5.38 Å². The molecule has 0 aliphatic carbocycles. The van der Waals surface area contributed by atoms with E-state index in [9.17, 15) is 18.3 Å². The Morgan fingerprint density at radius 1 is 1.47 bits per heavy atom. The van der Waals surface area contributed by atoms with E-state index < -0.39 is 24.1 Å². The van der Waals surface area contributed by atoms with Gasteiger partial charge in [-0.25, -0.2) is 4.98 Å². The van der Waals surface area contributed by atoms with Gasteiger partial charge in [-0.1, -0.05) is 0 Å². The van der Waals surface area contributed by atoms with E-state index in [2.05, 4.69) is 17.6 Å². The monoisotopic (exact) mass is 259 g/mol. The Balaban J connectivity index is 2.85. The van der Waals surface area contributed by atoms with Crippen molar-refractivity contribution in [3.05, 3.63) is 16.1 Å². The second-order valence-electron chi connectivity index (χ2n) is 2.76. The van der Waals surface area contributed by atoms with Gasteiger partial charge in [0.15, 0.2) is 5.69 Å². The summed E-state index contributed by atoms with van der Waals surface area (Å²) in [6, 6.07) is 0. The Kier molecular flexibility index (Phi) is 3.99. The van der Waals surface area contributed by atoms with Crippen molar-refractivity contribution in [3.63, 3.8) is 0 Å². The number of hydrogen-bond donors (Lipinski definition) is 3. The molecule has 2 unspecified atom stereocenters. The van der Waals surface area contributed by atoms with Crippen molar-refractivity contribution in [2.75, 3.05) is 5.75 Å². The van der Waals surface area contributed by atoms with Crippen molar-refractivity contribution in [3.8, 4) is 0 Å². The molecule has 8 heteroatoms. The van der Waals surface area contributed by atoms with Crippen LogP contribution in [0, 0.1) is 0 Å². The van der Waals surface area contributed by atoms with Crippen LogP contribution in [-0.4, -0.2) is 27.1 Å². The van der Waals surface area contributed by atoms with Crippen molar-refractivity contribution >= 4 is 24.0 Å². The van der Waals surface area contributed by atoms with Gasteiger partial charge in [-0.05, 0) is 0 Å². The minimum Gasteiger partial charge on any atom is -0.389 e. The molecule has 2 N–H and O–H groups in total. The fourth-order valence-corrected chi connectivity index (χ4v) is 1.88. The largest absolute Gasteiger partial charge is 0.434 e. The zero-order valence-electron chi connectivity index (χ0n) is 7.27. The number of thiazole rings is 1. The van der Waals surface area contributed by atoms with E-state index in [1.165, 1.54) is 0 Å². The number of alkyl halides is 3. The Hall–Kier alpha value is -0.310. The number of halogens is 3. The van der Waals surface area contributed by atoms with Gasteiger partial charge in [0.2, 0.25) is 0 Å². The Bertz CT molecular complexity index is 328. The van der Waals surface area contributed by atoms with Crippen molar-refractivity contribution in [1.29, 1.82) is 0 Å². The zero-order valence-corrected chi connectivity index (χ0v) is 8.98. The maximum absolute atomic E-state index is 12.1. The van der Waals surface area contributed by atoms with Crippen LogP contribution in [0.5, 0.6) is 0 Å². The number of aliphatic hydroxyl groups excluding tert-OH is 2. The highest BCUT2D eigenvalue weighted by Crippen LogP contribution is 2.32. The lowest BCUT2D eigenvalue weighted by Crippen LogP contribution is -2.20. The average molecular weight is 259 g/mol. The molecule has 0 saturated heterocycles. The second-order valence-corrected chi connectivity index (χ2v) is 4.02. The molecular weight excluding hydrogens is 251 g/mol. The molecule has 0 aromatic carbocycles. The summed E-state index contributed by atoms with van der Waals surface area (Å²) in [5.74, 6) is -0.0535. The predicted octanol–water partition coefficient (Wildman–Crippen LogP) is 1.49. The first-order chi connectivity index (χ1) is 6.86. The van der Waals surface area contributed by atoms with Gasteiger partial charge in [0.1, 0.15) is 11.1 Å². The molecule has 0 fully saturated rings. The maximum atomic E-state index is 12.1. The molecule has 3 nitrogen and oxygen atoms in total. The van der Waals surface area contributed by atoms with Crippen LogP contribution in [0.4, 0.5) is 13.2 Å². The average Bonchev–Trinajstić information content (AvgIpc) is 2.63. The van der Waals surface area contributed by atoms with Crippen molar-refractivity contribution < 1.29 is 23.4 Å². The molecule has 0 spiro atoms. The number of aromatic nitrogens is 1. The van der Waals surface area contributed by atoms with Gasteiger partial charge in [0.25, 0.3) is 0 Å². The molecule has 1 aromatic heterocycles. The second kappa shape index (κ2) is 4.69. The highest BCUT2D eigenvalue weighted by molar-refractivity contribution is 7.80. The third-order valence-corrected chi connectivity index (χ3v) is 2.91. The fourth-order valence-electron chi connectivity index (χ4n) is 0.818. The normalized spacial score (nSPS) is 16.4. The quantitative estimate of drug-likeness (QED) is 0.721. The topological polar surface area (TPSA) is 53.4 Å².